The lowest BCUT2D eigenvalue weighted by Crippen LogP contribution is -2.06. The van der Waals surface area contributed by atoms with Crippen LogP contribution in [0.25, 0.3) is 0 Å². The van der Waals surface area contributed by atoms with Gasteiger partial charge < -0.3 is 5.73 Å². The molecule has 0 fully saturated rings. The van der Waals surface area contributed by atoms with Crippen LogP contribution in [0.4, 0.5) is 10.1 Å². The highest BCUT2D eigenvalue weighted by Gasteiger charge is 2.09. The predicted octanol–water partition coefficient (Wildman–Crippen LogP) is 2.64. The van der Waals surface area contributed by atoms with Crippen LogP contribution in [0.15, 0.2) is 42.5 Å². The Morgan fingerprint density at radius 3 is 2.44 bits per heavy atom. The minimum absolute atomic E-state index is 0.163. The molecule has 2 aromatic rings. The summed E-state index contributed by atoms with van der Waals surface area (Å²) in [6, 6.07) is 10.3. The van der Waals surface area contributed by atoms with Crippen LogP contribution < -0.4 is 5.73 Å². The van der Waals surface area contributed by atoms with E-state index in [0.717, 1.165) is 0 Å². The maximum Gasteiger partial charge on any atom is 0.150 e. The molecule has 0 saturated carbocycles. The largest absolute Gasteiger partial charge is 0.398 e. The number of carbonyl (C=O) groups excluding carboxylic acids is 1. The molecule has 90 valence electrons. The van der Waals surface area contributed by atoms with Crippen molar-refractivity contribution in [2.45, 2.75) is 0 Å². The predicted molar refractivity (Wildman–Crippen MR) is 68.6 cm³/mol. The summed E-state index contributed by atoms with van der Waals surface area (Å²) in [5.74, 6) is -0.360. The summed E-state index contributed by atoms with van der Waals surface area (Å²) in [6.45, 7) is 0. The molecule has 0 spiro atoms. The van der Waals surface area contributed by atoms with E-state index in [9.17, 15) is 9.18 Å². The topological polar surface area (TPSA) is 66.9 Å². The van der Waals surface area contributed by atoms with Gasteiger partial charge in [0.1, 0.15) is 12.1 Å². The van der Waals surface area contributed by atoms with E-state index >= 15 is 0 Å². The molecule has 3 N–H and O–H groups in total. The summed E-state index contributed by atoms with van der Waals surface area (Å²) in [5.41, 5.74) is 7.82. The molecule has 4 heteroatoms. The maximum atomic E-state index is 12.8. The molecular weight excluding hydrogens is 231 g/mol. The fourth-order valence-corrected chi connectivity index (χ4v) is 1.64. The Balaban J connectivity index is 2.45. The van der Waals surface area contributed by atoms with Gasteiger partial charge in [0.05, 0.1) is 5.71 Å². The Hall–Kier alpha value is -2.49. The highest BCUT2D eigenvalue weighted by atomic mass is 19.1. The molecule has 0 saturated heterocycles. The average Bonchev–Trinajstić information content (AvgIpc) is 2.39. The molecule has 2 aromatic carbocycles. The summed E-state index contributed by atoms with van der Waals surface area (Å²) in [6.07, 6.45) is 0.695. The molecule has 0 heterocycles. The van der Waals surface area contributed by atoms with Crippen molar-refractivity contribution in [2.75, 3.05) is 5.73 Å². The minimum atomic E-state index is -0.360. The van der Waals surface area contributed by atoms with E-state index in [1.54, 1.807) is 18.2 Å². The van der Waals surface area contributed by atoms with Gasteiger partial charge in [-0.1, -0.05) is 0 Å². The molecule has 0 unspecified atom stereocenters. The number of nitrogens with two attached hydrogens (primary N) is 1. The van der Waals surface area contributed by atoms with E-state index in [0.29, 0.717) is 28.7 Å². The van der Waals surface area contributed by atoms with E-state index in [1.165, 1.54) is 24.3 Å². The molecule has 0 aliphatic heterocycles. The molecule has 0 aromatic heterocycles. The number of nitrogens with one attached hydrogen (secondary N) is 1. The second kappa shape index (κ2) is 4.79. The Kier molecular flexibility index (Phi) is 3.19. The summed E-state index contributed by atoms with van der Waals surface area (Å²) in [7, 11) is 0. The maximum absolute atomic E-state index is 12.8. The molecule has 18 heavy (non-hydrogen) atoms. The first-order chi connectivity index (χ1) is 8.61. The van der Waals surface area contributed by atoms with Gasteiger partial charge in [-0.3, -0.25) is 10.2 Å². The van der Waals surface area contributed by atoms with Gasteiger partial charge in [-0.15, -0.1) is 0 Å². The number of halogens is 1. The van der Waals surface area contributed by atoms with E-state index < -0.39 is 0 Å². The minimum Gasteiger partial charge on any atom is -0.398 e. The van der Waals surface area contributed by atoms with Crippen molar-refractivity contribution in [3.05, 3.63) is 65.0 Å². The number of hydrogen-bond donors (Lipinski definition) is 2. The molecule has 0 bridgehead atoms. The number of rotatable bonds is 3. The van der Waals surface area contributed by atoms with Crippen molar-refractivity contribution in [2.24, 2.45) is 0 Å². The Morgan fingerprint density at radius 2 is 1.83 bits per heavy atom. The zero-order chi connectivity index (χ0) is 13.1. The lowest BCUT2D eigenvalue weighted by molar-refractivity contribution is 0.112. The highest BCUT2D eigenvalue weighted by molar-refractivity contribution is 6.14. The fraction of sp³-hybridized carbons (Fsp3) is 0. The van der Waals surface area contributed by atoms with Crippen LogP contribution >= 0.6 is 0 Å². The normalized spacial score (nSPS) is 10.1. The molecule has 0 aliphatic rings. The van der Waals surface area contributed by atoms with Crippen molar-refractivity contribution in [1.29, 1.82) is 5.41 Å². The SMILES string of the molecule is N=C(c1ccc(F)cc1)c1cc(C=O)ccc1N. The van der Waals surface area contributed by atoms with Crippen molar-refractivity contribution in [3.63, 3.8) is 0 Å². The molecular formula is C14H11FN2O. The van der Waals surface area contributed by atoms with E-state index in [2.05, 4.69) is 0 Å². The van der Waals surface area contributed by atoms with Gasteiger partial charge in [0.25, 0.3) is 0 Å². The summed E-state index contributed by atoms with van der Waals surface area (Å²) < 4.78 is 12.8. The Bertz CT molecular complexity index is 606. The van der Waals surface area contributed by atoms with Crippen LogP contribution in [0.3, 0.4) is 0 Å². The van der Waals surface area contributed by atoms with Crippen LogP contribution in [0.1, 0.15) is 21.5 Å². The van der Waals surface area contributed by atoms with Crippen molar-refractivity contribution in [1.82, 2.24) is 0 Å². The van der Waals surface area contributed by atoms with Gasteiger partial charge in [0.15, 0.2) is 0 Å². The molecule has 0 atom stereocenters. The zero-order valence-electron chi connectivity index (χ0n) is 9.48. The van der Waals surface area contributed by atoms with Crippen LogP contribution in [0.2, 0.25) is 0 Å². The molecule has 0 amide bonds. The van der Waals surface area contributed by atoms with Crippen LogP contribution in [0, 0.1) is 11.2 Å². The van der Waals surface area contributed by atoms with Gasteiger partial charge in [0, 0.05) is 22.4 Å². The van der Waals surface area contributed by atoms with Crippen LogP contribution in [-0.2, 0) is 0 Å². The van der Waals surface area contributed by atoms with Gasteiger partial charge >= 0.3 is 0 Å². The smallest absolute Gasteiger partial charge is 0.150 e. The van der Waals surface area contributed by atoms with E-state index in [-0.39, 0.29) is 11.5 Å². The molecule has 0 aliphatic carbocycles. The molecule has 3 nitrogen and oxygen atoms in total. The number of hydrogen-bond acceptors (Lipinski definition) is 3. The van der Waals surface area contributed by atoms with Crippen molar-refractivity contribution in [3.8, 4) is 0 Å². The second-order valence-electron chi connectivity index (χ2n) is 3.85. The van der Waals surface area contributed by atoms with Crippen LogP contribution in [0.5, 0.6) is 0 Å². The third kappa shape index (κ3) is 2.27. The standard InChI is InChI=1S/C14H11FN2O/c15-11-4-2-10(3-5-11)14(17)12-7-9(8-18)1-6-13(12)16/h1-8,17H,16H2. The average molecular weight is 242 g/mol. The number of carbonyl (C=O) groups is 1. The fourth-order valence-electron chi connectivity index (χ4n) is 1.64. The van der Waals surface area contributed by atoms with Crippen LogP contribution in [-0.4, -0.2) is 12.0 Å². The highest BCUT2D eigenvalue weighted by Crippen LogP contribution is 2.18. The first kappa shape index (κ1) is 12.0. The Morgan fingerprint density at radius 1 is 1.17 bits per heavy atom. The van der Waals surface area contributed by atoms with Gasteiger partial charge in [-0.25, -0.2) is 4.39 Å². The third-order valence-corrected chi connectivity index (χ3v) is 2.62. The summed E-state index contributed by atoms with van der Waals surface area (Å²) >= 11 is 0. The van der Waals surface area contributed by atoms with E-state index in [1.807, 2.05) is 0 Å². The first-order valence-electron chi connectivity index (χ1n) is 5.31. The van der Waals surface area contributed by atoms with Gasteiger partial charge in [0.2, 0.25) is 0 Å². The molecule has 2 rings (SSSR count). The van der Waals surface area contributed by atoms with Crippen molar-refractivity contribution < 1.29 is 9.18 Å². The number of benzene rings is 2. The Labute approximate surface area is 104 Å². The lowest BCUT2D eigenvalue weighted by Gasteiger charge is -2.08. The quantitative estimate of drug-likeness (QED) is 0.493. The zero-order valence-corrected chi connectivity index (χ0v) is 9.48. The van der Waals surface area contributed by atoms with Gasteiger partial charge in [-0.05, 0) is 42.5 Å². The third-order valence-electron chi connectivity index (χ3n) is 2.62. The van der Waals surface area contributed by atoms with Gasteiger partial charge in [-0.2, -0.15) is 0 Å². The van der Waals surface area contributed by atoms with Crippen molar-refractivity contribution >= 4 is 17.7 Å². The number of nitrogen functional groups attached to an aromatic ring is 1. The summed E-state index contributed by atoms with van der Waals surface area (Å²) in [4.78, 5) is 10.7. The monoisotopic (exact) mass is 242 g/mol. The number of aldehydes is 1. The second-order valence-corrected chi connectivity index (χ2v) is 3.85. The number of anilines is 1. The molecule has 0 radical (unpaired) electrons. The first-order valence-corrected chi connectivity index (χ1v) is 5.31. The summed E-state index contributed by atoms with van der Waals surface area (Å²) in [5, 5.41) is 8.04. The lowest BCUT2D eigenvalue weighted by atomic mass is 9.99. The van der Waals surface area contributed by atoms with E-state index in [4.69, 9.17) is 11.1 Å².